The lowest BCUT2D eigenvalue weighted by molar-refractivity contribution is -0.132. The van der Waals surface area contributed by atoms with Crippen molar-refractivity contribution in [2.24, 2.45) is 0 Å². The van der Waals surface area contributed by atoms with E-state index in [0.29, 0.717) is 31.2 Å². The zero-order valence-corrected chi connectivity index (χ0v) is 15.5. The molecular weight excluding hydrogens is 344 g/mol. The largest absolute Gasteiger partial charge is 0.484 e. The monoisotopic (exact) mass is 366 g/mol. The van der Waals surface area contributed by atoms with Crippen LogP contribution in [0.1, 0.15) is 37.4 Å². The number of hydrogen-bond donors (Lipinski definition) is 0. The molecule has 0 spiro atoms. The van der Waals surface area contributed by atoms with Gasteiger partial charge in [-0.25, -0.2) is 9.97 Å². The van der Waals surface area contributed by atoms with E-state index in [0.717, 1.165) is 0 Å². The molecule has 7 heteroatoms. The van der Waals surface area contributed by atoms with Crippen molar-refractivity contribution in [1.29, 1.82) is 5.26 Å². The van der Waals surface area contributed by atoms with Gasteiger partial charge in [0.05, 0.1) is 6.54 Å². The van der Waals surface area contributed by atoms with Crippen molar-refractivity contribution in [2.45, 2.75) is 32.3 Å². The Hall–Kier alpha value is -3.14. The van der Waals surface area contributed by atoms with Crippen LogP contribution in [0.5, 0.6) is 11.6 Å². The minimum absolute atomic E-state index is 0.0116. The predicted octanol–water partition coefficient (Wildman–Crippen LogP) is 2.53. The number of hydrogen-bond acceptors (Lipinski definition) is 6. The van der Waals surface area contributed by atoms with Crippen LogP contribution in [0.3, 0.4) is 0 Å². The molecule has 0 N–H and O–H groups in total. The van der Waals surface area contributed by atoms with Crippen LogP contribution in [-0.2, 0) is 4.79 Å². The second-order valence-electron chi connectivity index (χ2n) is 6.70. The predicted molar refractivity (Wildman–Crippen MR) is 98.4 cm³/mol. The molecule has 1 atom stereocenters. The van der Waals surface area contributed by atoms with Gasteiger partial charge in [0.1, 0.15) is 17.9 Å². The van der Waals surface area contributed by atoms with E-state index in [2.05, 4.69) is 23.8 Å². The number of likely N-dealkylation sites (tertiary alicyclic amines) is 1. The zero-order chi connectivity index (χ0) is 19.2. The van der Waals surface area contributed by atoms with Gasteiger partial charge in [-0.15, -0.1) is 0 Å². The molecule has 1 aliphatic heterocycles. The van der Waals surface area contributed by atoms with Crippen LogP contribution >= 0.6 is 0 Å². The highest BCUT2D eigenvalue weighted by molar-refractivity contribution is 5.78. The van der Waals surface area contributed by atoms with Crippen molar-refractivity contribution >= 4 is 5.91 Å². The third-order valence-electron chi connectivity index (χ3n) is 4.46. The van der Waals surface area contributed by atoms with Gasteiger partial charge in [-0.1, -0.05) is 26.0 Å². The molecule has 1 amide bonds. The van der Waals surface area contributed by atoms with Crippen molar-refractivity contribution < 1.29 is 14.3 Å². The van der Waals surface area contributed by atoms with Gasteiger partial charge in [0.2, 0.25) is 5.69 Å². The van der Waals surface area contributed by atoms with Gasteiger partial charge in [-0.05, 0) is 23.6 Å². The number of nitrogens with zero attached hydrogens (tertiary/aromatic N) is 4. The Bertz CT molecular complexity index is 830. The fourth-order valence-corrected chi connectivity index (χ4v) is 2.88. The van der Waals surface area contributed by atoms with E-state index in [1.807, 2.05) is 30.3 Å². The molecule has 1 fully saturated rings. The van der Waals surface area contributed by atoms with Crippen molar-refractivity contribution in [3.05, 3.63) is 47.9 Å². The fraction of sp³-hybridized carbons (Fsp3) is 0.400. The summed E-state index contributed by atoms with van der Waals surface area (Å²) in [5.41, 5.74) is 1.38. The molecule has 1 unspecified atom stereocenters. The molecule has 1 saturated heterocycles. The minimum Gasteiger partial charge on any atom is -0.484 e. The third-order valence-corrected chi connectivity index (χ3v) is 4.46. The number of rotatable bonds is 6. The fourth-order valence-electron chi connectivity index (χ4n) is 2.88. The molecule has 3 rings (SSSR count). The Morgan fingerprint density at radius 2 is 2.04 bits per heavy atom. The van der Waals surface area contributed by atoms with Crippen LogP contribution in [0.4, 0.5) is 0 Å². The van der Waals surface area contributed by atoms with Crippen LogP contribution < -0.4 is 9.47 Å². The Balaban J connectivity index is 1.49. The van der Waals surface area contributed by atoms with Gasteiger partial charge in [-0.3, -0.25) is 4.79 Å². The van der Waals surface area contributed by atoms with Crippen LogP contribution in [0.15, 0.2) is 36.7 Å². The number of aromatic nitrogens is 2. The number of benzene rings is 1. The summed E-state index contributed by atoms with van der Waals surface area (Å²) in [6, 6.07) is 9.75. The molecule has 0 bridgehead atoms. The van der Waals surface area contributed by atoms with Crippen molar-refractivity contribution in [1.82, 2.24) is 14.9 Å². The maximum absolute atomic E-state index is 12.4. The summed E-state index contributed by atoms with van der Waals surface area (Å²) in [6.07, 6.45) is 3.40. The van der Waals surface area contributed by atoms with E-state index in [1.165, 1.54) is 18.0 Å². The van der Waals surface area contributed by atoms with Gasteiger partial charge in [0.15, 0.2) is 6.61 Å². The maximum atomic E-state index is 12.4. The smallest absolute Gasteiger partial charge is 0.260 e. The van der Waals surface area contributed by atoms with Gasteiger partial charge in [0.25, 0.3) is 11.8 Å². The third kappa shape index (κ3) is 4.73. The van der Waals surface area contributed by atoms with E-state index in [1.54, 1.807) is 4.90 Å². The number of carbonyl (C=O) groups is 1. The summed E-state index contributed by atoms with van der Waals surface area (Å²) in [4.78, 5) is 22.1. The molecule has 1 aromatic heterocycles. The number of nitriles is 1. The number of amides is 1. The number of carbonyl (C=O) groups excluding carboxylic acids is 1. The molecule has 0 aliphatic carbocycles. The first-order valence-corrected chi connectivity index (χ1v) is 8.95. The normalized spacial score (nSPS) is 16.2. The average molecular weight is 366 g/mol. The molecule has 27 heavy (non-hydrogen) atoms. The van der Waals surface area contributed by atoms with Gasteiger partial charge in [0, 0.05) is 25.4 Å². The Morgan fingerprint density at radius 1 is 1.30 bits per heavy atom. The molecule has 1 aromatic carbocycles. The zero-order valence-electron chi connectivity index (χ0n) is 15.5. The lowest BCUT2D eigenvalue weighted by Crippen LogP contribution is -2.34. The van der Waals surface area contributed by atoms with Crippen LogP contribution in [0, 0.1) is 11.3 Å². The van der Waals surface area contributed by atoms with E-state index >= 15 is 0 Å². The lowest BCUT2D eigenvalue weighted by Gasteiger charge is -2.17. The second kappa shape index (κ2) is 8.49. The average Bonchev–Trinajstić information content (AvgIpc) is 3.15. The van der Waals surface area contributed by atoms with Crippen LogP contribution in [0.25, 0.3) is 0 Å². The van der Waals surface area contributed by atoms with E-state index < -0.39 is 0 Å². The molecule has 2 aromatic rings. The summed E-state index contributed by atoms with van der Waals surface area (Å²) in [7, 11) is 0. The van der Waals surface area contributed by atoms with Gasteiger partial charge < -0.3 is 14.4 Å². The number of ether oxygens (including phenoxy) is 2. The first-order chi connectivity index (χ1) is 13.1. The molecule has 0 radical (unpaired) electrons. The second-order valence-corrected chi connectivity index (χ2v) is 6.70. The van der Waals surface area contributed by atoms with E-state index in [-0.39, 0.29) is 30.2 Å². The lowest BCUT2D eigenvalue weighted by atomic mass is 10.0. The summed E-state index contributed by atoms with van der Waals surface area (Å²) in [5.74, 6) is 1.26. The van der Waals surface area contributed by atoms with E-state index in [4.69, 9.17) is 14.7 Å². The van der Waals surface area contributed by atoms with Gasteiger partial charge >= 0.3 is 0 Å². The van der Waals surface area contributed by atoms with Crippen molar-refractivity contribution in [3.63, 3.8) is 0 Å². The Labute approximate surface area is 158 Å². The molecular formula is C20H22N4O3. The van der Waals surface area contributed by atoms with Crippen molar-refractivity contribution in [3.8, 4) is 17.7 Å². The highest BCUT2D eigenvalue weighted by atomic mass is 16.5. The first kappa shape index (κ1) is 18.6. The quantitative estimate of drug-likeness (QED) is 0.781. The first-order valence-electron chi connectivity index (χ1n) is 8.95. The topological polar surface area (TPSA) is 88.3 Å². The molecule has 7 nitrogen and oxygen atoms in total. The highest BCUT2D eigenvalue weighted by Gasteiger charge is 2.28. The summed E-state index contributed by atoms with van der Waals surface area (Å²) in [5, 5.41) is 9.04. The molecule has 2 heterocycles. The molecule has 140 valence electrons. The molecule has 1 aliphatic rings. The van der Waals surface area contributed by atoms with Crippen molar-refractivity contribution in [2.75, 3.05) is 19.7 Å². The van der Waals surface area contributed by atoms with Crippen LogP contribution in [-0.4, -0.2) is 46.6 Å². The van der Waals surface area contributed by atoms with Crippen LogP contribution in [0.2, 0.25) is 0 Å². The minimum atomic E-state index is -0.205. The molecule has 0 saturated carbocycles. The summed E-state index contributed by atoms with van der Waals surface area (Å²) >= 11 is 0. The van der Waals surface area contributed by atoms with Gasteiger partial charge in [-0.2, -0.15) is 5.26 Å². The van der Waals surface area contributed by atoms with E-state index in [9.17, 15) is 4.79 Å². The summed E-state index contributed by atoms with van der Waals surface area (Å²) < 4.78 is 11.4. The Morgan fingerprint density at radius 3 is 2.74 bits per heavy atom. The maximum Gasteiger partial charge on any atom is 0.260 e. The standard InChI is InChI=1S/C20H22N4O3/c1-14(2)15-3-5-16(6-4-15)26-13-19(25)24-10-7-17(12-24)27-20-18(11-21)22-8-9-23-20/h3-6,8-9,14,17H,7,10,12-13H2,1-2H3. The SMILES string of the molecule is CC(C)c1ccc(OCC(=O)N2CCC(Oc3nccnc3C#N)C2)cc1. The Kier molecular flexibility index (Phi) is 5.87. The summed E-state index contributed by atoms with van der Waals surface area (Å²) in [6.45, 7) is 5.28. The highest BCUT2D eigenvalue weighted by Crippen LogP contribution is 2.20.